The van der Waals surface area contributed by atoms with Gasteiger partial charge in [0.1, 0.15) is 0 Å². The van der Waals surface area contributed by atoms with Gasteiger partial charge in [0, 0.05) is 60.7 Å². The van der Waals surface area contributed by atoms with Crippen LogP contribution in [0.15, 0.2) is 60.7 Å². The molecule has 0 atom stereocenters. The molecule has 2 aliphatic heterocycles. The van der Waals surface area contributed by atoms with Crippen molar-refractivity contribution in [2.24, 2.45) is 5.92 Å². The van der Waals surface area contributed by atoms with Gasteiger partial charge in [0.25, 0.3) is 11.8 Å². The number of aryl methyl sites for hydroxylation is 1. The smallest absolute Gasteiger partial charge is 0.264 e. The van der Waals surface area contributed by atoms with Crippen LogP contribution in [0.5, 0.6) is 0 Å². The summed E-state index contributed by atoms with van der Waals surface area (Å²) in [6.07, 6.45) is 7.98. The van der Waals surface area contributed by atoms with Crippen LogP contribution in [0.4, 0.5) is 0 Å². The van der Waals surface area contributed by atoms with E-state index in [9.17, 15) is 9.59 Å². The standard InChI is InChI=1S/C38H51N3O2S2/c1-4-5-6-7-35-16-17-36(45-35)38(43)41(34-19-22-39(23-20-34)21-18-29(2)3)28-30-8-10-31(11-9-30)32-12-14-33(15-13-32)37(42)40-24-26-44-27-25-40/h8-17,29,34H,4-7,18-28H2,1-3H3. The Morgan fingerprint density at radius 3 is 2.18 bits per heavy atom. The lowest BCUT2D eigenvalue weighted by Crippen LogP contribution is -2.47. The zero-order valence-corrected chi connectivity index (χ0v) is 29.1. The number of benzene rings is 2. The first-order valence-corrected chi connectivity index (χ1v) is 19.1. The molecule has 2 fully saturated rings. The van der Waals surface area contributed by atoms with Crippen molar-refractivity contribution in [3.8, 4) is 11.1 Å². The predicted octanol–water partition coefficient (Wildman–Crippen LogP) is 8.49. The molecule has 0 saturated carbocycles. The van der Waals surface area contributed by atoms with Gasteiger partial charge in [-0.1, -0.05) is 70.0 Å². The summed E-state index contributed by atoms with van der Waals surface area (Å²) in [5, 5.41) is 0. The number of piperidine rings is 1. The van der Waals surface area contributed by atoms with Crippen molar-refractivity contribution >= 4 is 34.9 Å². The minimum atomic E-state index is 0.131. The number of carbonyl (C=O) groups excluding carboxylic acids is 2. The van der Waals surface area contributed by atoms with Gasteiger partial charge in [0.15, 0.2) is 0 Å². The van der Waals surface area contributed by atoms with E-state index in [-0.39, 0.29) is 17.9 Å². The highest BCUT2D eigenvalue weighted by Gasteiger charge is 2.29. The average Bonchev–Trinajstić information content (AvgIpc) is 3.56. The van der Waals surface area contributed by atoms with E-state index in [2.05, 4.69) is 79.1 Å². The van der Waals surface area contributed by atoms with Crippen LogP contribution in [0.1, 0.15) is 89.8 Å². The highest BCUT2D eigenvalue weighted by atomic mass is 32.2. The summed E-state index contributed by atoms with van der Waals surface area (Å²) in [5.74, 6) is 3.06. The lowest BCUT2D eigenvalue weighted by molar-refractivity contribution is 0.0551. The third-order valence-corrected chi connectivity index (χ3v) is 11.3. The maximum Gasteiger partial charge on any atom is 0.264 e. The highest BCUT2D eigenvalue weighted by molar-refractivity contribution is 7.99. The van der Waals surface area contributed by atoms with E-state index in [1.165, 1.54) is 30.6 Å². The Morgan fingerprint density at radius 1 is 0.867 bits per heavy atom. The second-order valence-corrected chi connectivity index (χ2v) is 15.5. The summed E-state index contributed by atoms with van der Waals surface area (Å²) in [6.45, 7) is 12.4. The molecular formula is C38H51N3O2S2. The molecule has 2 aromatic carbocycles. The van der Waals surface area contributed by atoms with Gasteiger partial charge >= 0.3 is 0 Å². The summed E-state index contributed by atoms with van der Waals surface area (Å²) in [4.78, 5) is 35.9. The third kappa shape index (κ3) is 9.46. The zero-order valence-electron chi connectivity index (χ0n) is 27.5. The number of unbranched alkanes of at least 4 members (excludes halogenated alkanes) is 2. The number of hydrogen-bond donors (Lipinski definition) is 0. The van der Waals surface area contributed by atoms with Gasteiger partial charge in [-0.3, -0.25) is 9.59 Å². The van der Waals surface area contributed by atoms with Crippen LogP contribution >= 0.6 is 23.1 Å². The van der Waals surface area contributed by atoms with Crippen molar-refractivity contribution in [3.63, 3.8) is 0 Å². The maximum atomic E-state index is 14.1. The second kappa shape index (κ2) is 16.8. The number of likely N-dealkylation sites (tertiary alicyclic amines) is 1. The first-order chi connectivity index (χ1) is 21.9. The first kappa shape index (κ1) is 33.7. The van der Waals surface area contributed by atoms with E-state index in [1.807, 2.05) is 28.8 Å². The van der Waals surface area contributed by atoms with Gasteiger partial charge in [0.2, 0.25) is 0 Å². The third-order valence-electron chi connectivity index (χ3n) is 9.25. The molecule has 1 aromatic heterocycles. The number of thioether (sulfide) groups is 1. The Kier molecular flexibility index (Phi) is 12.6. The van der Waals surface area contributed by atoms with E-state index in [1.54, 1.807) is 11.3 Å². The van der Waals surface area contributed by atoms with Crippen LogP contribution in [-0.2, 0) is 13.0 Å². The summed E-state index contributed by atoms with van der Waals surface area (Å²) in [5.41, 5.74) is 4.14. The summed E-state index contributed by atoms with van der Waals surface area (Å²) in [6, 6.07) is 21.1. The summed E-state index contributed by atoms with van der Waals surface area (Å²) < 4.78 is 0. The Hall–Kier alpha value is -2.61. The molecule has 2 amide bonds. The molecule has 5 rings (SSSR count). The summed E-state index contributed by atoms with van der Waals surface area (Å²) >= 11 is 3.60. The molecule has 242 valence electrons. The normalized spacial score (nSPS) is 16.3. The fraction of sp³-hybridized carbons (Fsp3) is 0.526. The molecule has 2 saturated heterocycles. The topological polar surface area (TPSA) is 43.9 Å². The molecule has 45 heavy (non-hydrogen) atoms. The molecule has 7 heteroatoms. The predicted molar refractivity (Wildman–Crippen MR) is 191 cm³/mol. The lowest BCUT2D eigenvalue weighted by Gasteiger charge is -2.38. The average molecular weight is 646 g/mol. The molecule has 0 spiro atoms. The molecule has 0 bridgehead atoms. The SMILES string of the molecule is CCCCCc1ccc(C(=O)N(Cc2ccc(-c3ccc(C(=O)N4CCSCC4)cc3)cc2)C2CCN(CCC(C)C)CC2)s1. The molecule has 0 aliphatic carbocycles. The maximum absolute atomic E-state index is 14.1. The van der Waals surface area contributed by atoms with Crippen LogP contribution < -0.4 is 0 Å². The van der Waals surface area contributed by atoms with E-state index in [0.29, 0.717) is 12.5 Å². The van der Waals surface area contributed by atoms with Crippen molar-refractivity contribution in [2.75, 3.05) is 44.2 Å². The Labute approximate surface area is 279 Å². The highest BCUT2D eigenvalue weighted by Crippen LogP contribution is 2.28. The van der Waals surface area contributed by atoms with Gasteiger partial charge in [-0.2, -0.15) is 11.8 Å². The van der Waals surface area contributed by atoms with Gasteiger partial charge in [-0.15, -0.1) is 11.3 Å². The van der Waals surface area contributed by atoms with E-state index in [4.69, 9.17) is 0 Å². The Morgan fingerprint density at radius 2 is 1.53 bits per heavy atom. The first-order valence-electron chi connectivity index (χ1n) is 17.1. The number of nitrogens with zero attached hydrogens (tertiary/aromatic N) is 3. The lowest BCUT2D eigenvalue weighted by atomic mass is 9.99. The zero-order chi connectivity index (χ0) is 31.6. The van der Waals surface area contributed by atoms with E-state index in [0.717, 1.165) is 90.6 Å². The molecule has 3 heterocycles. The molecule has 2 aliphatic rings. The van der Waals surface area contributed by atoms with Crippen LogP contribution in [0.3, 0.4) is 0 Å². The van der Waals surface area contributed by atoms with Crippen LogP contribution in [0, 0.1) is 5.92 Å². The van der Waals surface area contributed by atoms with Crippen molar-refractivity contribution in [3.05, 3.63) is 81.5 Å². The minimum Gasteiger partial charge on any atom is -0.337 e. The molecule has 3 aromatic rings. The second-order valence-electron chi connectivity index (χ2n) is 13.1. The van der Waals surface area contributed by atoms with Gasteiger partial charge in [-0.05, 0) is 85.5 Å². The molecule has 5 nitrogen and oxygen atoms in total. The van der Waals surface area contributed by atoms with Crippen molar-refractivity contribution in [2.45, 2.75) is 78.3 Å². The number of rotatable bonds is 13. The number of hydrogen-bond acceptors (Lipinski definition) is 5. The van der Waals surface area contributed by atoms with Crippen LogP contribution in [-0.4, -0.2) is 76.8 Å². The fourth-order valence-corrected chi connectivity index (χ4v) is 8.24. The number of carbonyl (C=O) groups is 2. The Balaban J connectivity index is 1.27. The Bertz CT molecular complexity index is 1350. The van der Waals surface area contributed by atoms with Gasteiger partial charge in [-0.25, -0.2) is 0 Å². The largest absolute Gasteiger partial charge is 0.337 e. The number of thiophene rings is 1. The van der Waals surface area contributed by atoms with Crippen molar-refractivity contribution < 1.29 is 9.59 Å². The van der Waals surface area contributed by atoms with Crippen molar-refractivity contribution in [1.29, 1.82) is 0 Å². The van der Waals surface area contributed by atoms with Gasteiger partial charge in [0.05, 0.1) is 4.88 Å². The van der Waals surface area contributed by atoms with E-state index >= 15 is 0 Å². The fourth-order valence-electron chi connectivity index (χ4n) is 6.33. The molecule has 0 radical (unpaired) electrons. The number of amides is 2. The van der Waals surface area contributed by atoms with Crippen molar-refractivity contribution in [1.82, 2.24) is 14.7 Å². The van der Waals surface area contributed by atoms with Crippen LogP contribution in [0.25, 0.3) is 11.1 Å². The minimum absolute atomic E-state index is 0.131. The molecular weight excluding hydrogens is 595 g/mol. The van der Waals surface area contributed by atoms with E-state index < -0.39 is 0 Å². The summed E-state index contributed by atoms with van der Waals surface area (Å²) in [7, 11) is 0. The van der Waals surface area contributed by atoms with Gasteiger partial charge < -0.3 is 14.7 Å². The molecule has 0 N–H and O–H groups in total. The van der Waals surface area contributed by atoms with Crippen LogP contribution in [0.2, 0.25) is 0 Å². The molecule has 0 unspecified atom stereocenters. The quantitative estimate of drug-likeness (QED) is 0.175. The monoisotopic (exact) mass is 645 g/mol.